The highest BCUT2D eigenvalue weighted by Gasteiger charge is 2.34. The van der Waals surface area contributed by atoms with Crippen LogP contribution in [0.25, 0.3) is 10.9 Å². The fourth-order valence-corrected chi connectivity index (χ4v) is 5.64. The molecule has 1 aliphatic rings. The van der Waals surface area contributed by atoms with E-state index < -0.39 is 95.1 Å². The number of methoxy groups -OCH3 is 1. The Morgan fingerprint density at radius 3 is 2.32 bits per heavy atom. The third kappa shape index (κ3) is 7.70. The number of H-pyrrole nitrogens is 1. The van der Waals surface area contributed by atoms with Crippen LogP contribution in [0.3, 0.4) is 0 Å². The molecule has 50 heavy (non-hydrogen) atoms. The zero-order valence-corrected chi connectivity index (χ0v) is 26.4. The number of halogens is 5. The molecule has 3 unspecified atom stereocenters. The summed E-state index contributed by atoms with van der Waals surface area (Å²) < 4.78 is 81.7. The molecule has 1 aliphatic heterocycles. The Morgan fingerprint density at radius 2 is 1.68 bits per heavy atom. The molecule has 3 atom stereocenters. The number of ether oxygens (including phenoxy) is 2. The van der Waals surface area contributed by atoms with Gasteiger partial charge in [-0.15, -0.1) is 0 Å². The van der Waals surface area contributed by atoms with Crippen LogP contribution in [0.1, 0.15) is 34.5 Å². The van der Waals surface area contributed by atoms with Gasteiger partial charge in [0.15, 0.2) is 23.2 Å². The number of amides is 3. The minimum absolute atomic E-state index is 0.0425. The second-order valence-electron chi connectivity index (χ2n) is 11.5. The molecule has 2 heterocycles. The number of ketones is 1. The summed E-state index contributed by atoms with van der Waals surface area (Å²) in [6, 6.07) is 8.81. The van der Waals surface area contributed by atoms with Gasteiger partial charge in [-0.2, -0.15) is 8.78 Å². The van der Waals surface area contributed by atoms with Crippen LogP contribution in [0.15, 0.2) is 48.5 Å². The monoisotopic (exact) mass is 702 g/mol. The molecule has 0 radical (unpaired) electrons. The summed E-state index contributed by atoms with van der Waals surface area (Å²) in [7, 11) is 1.45. The van der Waals surface area contributed by atoms with E-state index in [1.165, 1.54) is 31.4 Å². The number of carbonyl (C=O) groups excluding carboxylic acids is 4. The zero-order valence-electron chi connectivity index (χ0n) is 26.4. The number of aliphatic hydroxyl groups is 1. The van der Waals surface area contributed by atoms with E-state index in [2.05, 4.69) is 20.9 Å². The zero-order chi connectivity index (χ0) is 36.1. The molecule has 3 aromatic carbocycles. The number of rotatable bonds is 14. The van der Waals surface area contributed by atoms with Crippen molar-refractivity contribution in [3.63, 3.8) is 0 Å². The standard InChI is InChI=1S/C34H31F5N4O7/c1-49-26-7-3-6-21-19(26)13-24(41-21)34(48)43-23(11-16-4-2-5-18(35)10-16)33(47)42-22(12-17-8-9-40-32(17)46)25(45)15-50-31-29(38)27(36)20(14-44)28(37)30(31)39/h2-7,10,13,17,22-23,41,44H,8-9,11-12,14-15H2,1H3,(H,40,46)(H,42,47)(H,43,48). The summed E-state index contributed by atoms with van der Waals surface area (Å²) in [6.07, 6.45) is -0.291. The minimum Gasteiger partial charge on any atom is -0.496 e. The van der Waals surface area contributed by atoms with E-state index in [1.807, 2.05) is 0 Å². The largest absolute Gasteiger partial charge is 0.496 e. The molecule has 4 aromatic rings. The maximum absolute atomic E-state index is 14.5. The number of hydrogen-bond donors (Lipinski definition) is 5. The molecule has 0 bridgehead atoms. The van der Waals surface area contributed by atoms with Gasteiger partial charge in [-0.25, -0.2) is 13.2 Å². The van der Waals surface area contributed by atoms with Gasteiger partial charge < -0.3 is 35.5 Å². The van der Waals surface area contributed by atoms with Crippen LogP contribution < -0.4 is 25.4 Å². The van der Waals surface area contributed by atoms with Crippen molar-refractivity contribution in [3.8, 4) is 11.5 Å². The maximum atomic E-state index is 14.5. The number of carbonyl (C=O) groups is 4. The lowest BCUT2D eigenvalue weighted by Gasteiger charge is -2.24. The average molecular weight is 703 g/mol. The van der Waals surface area contributed by atoms with Crippen LogP contribution in [0.2, 0.25) is 0 Å². The molecule has 16 heteroatoms. The second kappa shape index (κ2) is 15.4. The number of nitrogens with one attached hydrogen (secondary N) is 4. The molecular formula is C34H31F5N4O7. The molecular weight excluding hydrogens is 671 g/mol. The Balaban J connectivity index is 1.40. The van der Waals surface area contributed by atoms with Gasteiger partial charge in [-0.3, -0.25) is 19.2 Å². The van der Waals surface area contributed by atoms with Gasteiger partial charge in [0.05, 0.1) is 25.3 Å². The van der Waals surface area contributed by atoms with Crippen LogP contribution >= 0.6 is 0 Å². The smallest absolute Gasteiger partial charge is 0.268 e. The van der Waals surface area contributed by atoms with Gasteiger partial charge in [0.1, 0.15) is 29.9 Å². The Bertz CT molecular complexity index is 1920. The SMILES string of the molecule is COc1cccc2[nH]c(C(=O)NC(Cc3cccc(F)c3)C(=O)NC(CC3CCNC3=O)C(=O)COc3c(F)c(F)c(CO)c(F)c3F)cc12. The summed E-state index contributed by atoms with van der Waals surface area (Å²) in [5.74, 6) is -13.5. The Hall–Kier alpha value is -5.51. The number of fused-ring (bicyclic) bond motifs is 1. The molecule has 5 rings (SSSR count). The topological polar surface area (TPSA) is 159 Å². The summed E-state index contributed by atoms with van der Waals surface area (Å²) in [4.78, 5) is 55.9. The van der Waals surface area contributed by atoms with Crippen LogP contribution in [-0.4, -0.2) is 65.9 Å². The number of benzene rings is 3. The predicted molar refractivity (Wildman–Crippen MR) is 167 cm³/mol. The Kier molecular flexibility index (Phi) is 11.0. The summed E-state index contributed by atoms with van der Waals surface area (Å²) >= 11 is 0. The highest BCUT2D eigenvalue weighted by molar-refractivity contribution is 6.02. The highest BCUT2D eigenvalue weighted by atomic mass is 19.2. The number of aromatic nitrogens is 1. The van der Waals surface area contributed by atoms with Gasteiger partial charge in [-0.05, 0) is 48.7 Å². The molecule has 0 aliphatic carbocycles. The number of Topliss-reactive ketones (excluding diaryl/α,β-unsaturated/α-hetero) is 1. The van der Waals surface area contributed by atoms with Gasteiger partial charge in [-0.1, -0.05) is 18.2 Å². The molecule has 0 spiro atoms. The fourth-order valence-electron chi connectivity index (χ4n) is 5.64. The van der Waals surface area contributed by atoms with E-state index >= 15 is 0 Å². The first-order valence-electron chi connectivity index (χ1n) is 15.3. The van der Waals surface area contributed by atoms with Crippen LogP contribution in [0.5, 0.6) is 11.5 Å². The van der Waals surface area contributed by atoms with Crippen molar-refractivity contribution in [2.75, 3.05) is 20.3 Å². The van der Waals surface area contributed by atoms with Crippen molar-refractivity contribution in [3.05, 3.63) is 94.4 Å². The molecule has 1 fully saturated rings. The first kappa shape index (κ1) is 35.8. The van der Waals surface area contributed by atoms with E-state index in [0.29, 0.717) is 22.2 Å². The van der Waals surface area contributed by atoms with Crippen molar-refractivity contribution in [1.29, 1.82) is 0 Å². The quantitative estimate of drug-likeness (QED) is 0.0996. The summed E-state index contributed by atoms with van der Waals surface area (Å²) in [5, 5.41) is 17.2. The fraction of sp³-hybridized carbons (Fsp3) is 0.294. The van der Waals surface area contributed by atoms with Crippen molar-refractivity contribution in [2.45, 2.75) is 38.0 Å². The first-order valence-corrected chi connectivity index (χ1v) is 15.3. The number of aliphatic hydroxyl groups excluding tert-OH is 1. The first-order chi connectivity index (χ1) is 23.9. The molecule has 3 amide bonds. The molecule has 264 valence electrons. The lowest BCUT2D eigenvalue weighted by atomic mass is 9.95. The molecule has 0 saturated carbocycles. The average Bonchev–Trinajstić information content (AvgIpc) is 3.72. The van der Waals surface area contributed by atoms with Crippen LogP contribution in [0.4, 0.5) is 22.0 Å². The van der Waals surface area contributed by atoms with Crippen molar-refractivity contribution >= 4 is 34.4 Å². The molecule has 5 N–H and O–H groups in total. The van der Waals surface area contributed by atoms with Crippen molar-refractivity contribution < 1.29 is 55.7 Å². The molecule has 1 saturated heterocycles. The number of hydrogen-bond acceptors (Lipinski definition) is 7. The molecule has 11 nitrogen and oxygen atoms in total. The highest BCUT2D eigenvalue weighted by Crippen LogP contribution is 2.30. The normalized spacial score (nSPS) is 15.3. The van der Waals surface area contributed by atoms with Gasteiger partial charge >= 0.3 is 0 Å². The maximum Gasteiger partial charge on any atom is 0.268 e. The van der Waals surface area contributed by atoms with Crippen LogP contribution in [0, 0.1) is 35.0 Å². The van der Waals surface area contributed by atoms with E-state index in [9.17, 15) is 41.1 Å². The van der Waals surface area contributed by atoms with E-state index in [0.717, 1.165) is 6.07 Å². The number of aromatic amines is 1. The van der Waals surface area contributed by atoms with E-state index in [4.69, 9.17) is 14.6 Å². The second-order valence-corrected chi connectivity index (χ2v) is 11.5. The third-order valence-corrected chi connectivity index (χ3v) is 8.26. The van der Waals surface area contributed by atoms with E-state index in [-0.39, 0.29) is 31.5 Å². The van der Waals surface area contributed by atoms with Gasteiger partial charge in [0, 0.05) is 29.8 Å². The van der Waals surface area contributed by atoms with Crippen LogP contribution in [-0.2, 0) is 27.4 Å². The van der Waals surface area contributed by atoms with Gasteiger partial charge in [0.2, 0.25) is 23.4 Å². The lowest BCUT2D eigenvalue weighted by molar-refractivity contribution is -0.131. The summed E-state index contributed by atoms with van der Waals surface area (Å²) in [5.41, 5.74) is -0.388. The Labute approximate surface area is 281 Å². The predicted octanol–water partition coefficient (Wildman–Crippen LogP) is 3.36. The third-order valence-electron chi connectivity index (χ3n) is 8.26. The van der Waals surface area contributed by atoms with Gasteiger partial charge in [0.25, 0.3) is 5.91 Å². The minimum atomic E-state index is -2.00. The lowest BCUT2D eigenvalue weighted by Crippen LogP contribution is -2.53. The molecule has 1 aromatic heterocycles. The van der Waals surface area contributed by atoms with Crippen molar-refractivity contribution in [2.24, 2.45) is 5.92 Å². The Morgan fingerprint density at radius 1 is 0.960 bits per heavy atom. The summed E-state index contributed by atoms with van der Waals surface area (Å²) in [6.45, 7) is -2.29. The van der Waals surface area contributed by atoms with Crippen molar-refractivity contribution in [1.82, 2.24) is 20.9 Å². The van der Waals surface area contributed by atoms with E-state index in [1.54, 1.807) is 18.2 Å².